The van der Waals surface area contributed by atoms with Crippen LogP contribution in [-0.4, -0.2) is 9.78 Å². The second-order valence-corrected chi connectivity index (χ2v) is 7.25. The molecular weight excluding hydrogens is 368 g/mol. The van der Waals surface area contributed by atoms with Crippen LogP contribution in [0, 0.1) is 14.8 Å². The van der Waals surface area contributed by atoms with E-state index in [1.54, 1.807) is 10.7 Å². The Morgan fingerprint density at radius 3 is 2.65 bits per heavy atom. The average molecular weight is 387 g/mol. The summed E-state index contributed by atoms with van der Waals surface area (Å²) in [5.74, 6) is 0.409. The molecule has 3 nitrogen and oxygen atoms in total. The molecule has 2 N–H and O–H groups in total. The molecule has 1 aromatic heterocycles. The summed E-state index contributed by atoms with van der Waals surface area (Å²) in [7, 11) is 0. The molecule has 0 fully saturated rings. The largest absolute Gasteiger partial charge is 0.383 e. The Morgan fingerprint density at radius 2 is 2.05 bits per heavy atom. The molecule has 0 saturated heterocycles. The molecule has 0 radical (unpaired) electrons. The van der Waals surface area contributed by atoms with Gasteiger partial charge >= 0.3 is 0 Å². The van der Waals surface area contributed by atoms with Gasteiger partial charge in [0.15, 0.2) is 0 Å². The number of nitrogen functional groups attached to an aromatic ring is 1. The Morgan fingerprint density at radius 1 is 1.35 bits per heavy atom. The first kappa shape index (κ1) is 15.3. The fourth-order valence-electron chi connectivity index (χ4n) is 2.05. The van der Waals surface area contributed by atoms with Crippen LogP contribution < -0.4 is 5.73 Å². The zero-order chi connectivity index (χ0) is 14.9. The van der Waals surface area contributed by atoms with Crippen molar-refractivity contribution in [3.63, 3.8) is 0 Å². The van der Waals surface area contributed by atoms with Crippen LogP contribution in [-0.2, 0) is 13.0 Å². The van der Waals surface area contributed by atoms with Gasteiger partial charge in [-0.1, -0.05) is 32.9 Å². The van der Waals surface area contributed by atoms with Crippen molar-refractivity contribution in [1.29, 1.82) is 0 Å². The van der Waals surface area contributed by atoms with Crippen LogP contribution in [0.15, 0.2) is 24.3 Å². The number of hydrogen-bond donors (Lipinski definition) is 1. The lowest BCUT2D eigenvalue weighted by Crippen LogP contribution is -2.11. The fourth-order valence-corrected chi connectivity index (χ4v) is 2.63. The van der Waals surface area contributed by atoms with Gasteiger partial charge in [0.2, 0.25) is 0 Å². The predicted molar refractivity (Wildman–Crippen MR) is 88.0 cm³/mol. The van der Waals surface area contributed by atoms with Crippen molar-refractivity contribution in [2.24, 2.45) is 5.41 Å². The highest BCUT2D eigenvalue weighted by Crippen LogP contribution is 2.27. The van der Waals surface area contributed by atoms with E-state index in [1.807, 2.05) is 6.07 Å². The molecule has 2 rings (SSSR count). The maximum Gasteiger partial charge on any atom is 0.135 e. The summed E-state index contributed by atoms with van der Waals surface area (Å²) in [6.07, 6.45) is 0.867. The fraction of sp³-hybridized carbons (Fsp3) is 0.400. The van der Waals surface area contributed by atoms with E-state index in [1.165, 1.54) is 12.1 Å². The molecule has 0 spiro atoms. The number of hydrogen-bond acceptors (Lipinski definition) is 2. The molecule has 0 aliphatic rings. The highest BCUT2D eigenvalue weighted by molar-refractivity contribution is 14.1. The Hall–Kier alpha value is -1.11. The van der Waals surface area contributed by atoms with Crippen LogP contribution >= 0.6 is 22.6 Å². The first-order valence-corrected chi connectivity index (χ1v) is 7.59. The van der Waals surface area contributed by atoms with Gasteiger partial charge in [-0.05, 0) is 52.1 Å². The monoisotopic (exact) mass is 387 g/mol. The van der Waals surface area contributed by atoms with Gasteiger partial charge in [0.05, 0.1) is 15.8 Å². The molecule has 20 heavy (non-hydrogen) atoms. The van der Waals surface area contributed by atoms with Crippen molar-refractivity contribution < 1.29 is 4.39 Å². The minimum atomic E-state index is -0.238. The van der Waals surface area contributed by atoms with E-state index in [0.29, 0.717) is 12.4 Å². The summed E-state index contributed by atoms with van der Waals surface area (Å²) in [6, 6.07) is 6.52. The van der Waals surface area contributed by atoms with Crippen molar-refractivity contribution in [3.05, 3.63) is 44.9 Å². The summed E-state index contributed by atoms with van der Waals surface area (Å²) >= 11 is 2.23. The third kappa shape index (κ3) is 3.71. The molecule has 0 bridgehead atoms. The molecule has 0 amide bonds. The highest BCUT2D eigenvalue weighted by atomic mass is 127. The van der Waals surface area contributed by atoms with Crippen molar-refractivity contribution >= 4 is 28.4 Å². The lowest BCUT2D eigenvalue weighted by Gasteiger charge is -2.16. The third-order valence-electron chi connectivity index (χ3n) is 2.92. The summed E-state index contributed by atoms with van der Waals surface area (Å²) in [4.78, 5) is 0. The zero-order valence-corrected chi connectivity index (χ0v) is 14.1. The van der Waals surface area contributed by atoms with Gasteiger partial charge < -0.3 is 5.73 Å². The Kier molecular flexibility index (Phi) is 4.36. The molecule has 0 unspecified atom stereocenters. The number of aromatic nitrogens is 2. The van der Waals surface area contributed by atoms with Gasteiger partial charge in [-0.15, -0.1) is 0 Å². The lowest BCUT2D eigenvalue weighted by molar-refractivity contribution is 0.403. The van der Waals surface area contributed by atoms with E-state index in [2.05, 4.69) is 48.5 Å². The lowest BCUT2D eigenvalue weighted by atomic mass is 9.91. The van der Waals surface area contributed by atoms with Gasteiger partial charge in [0.25, 0.3) is 0 Å². The Labute approximate surface area is 132 Å². The van der Waals surface area contributed by atoms with E-state index in [-0.39, 0.29) is 11.2 Å². The molecule has 1 aromatic carbocycles. The molecule has 2 aromatic rings. The van der Waals surface area contributed by atoms with Gasteiger partial charge in [0, 0.05) is 0 Å². The summed E-state index contributed by atoms with van der Waals surface area (Å²) in [5.41, 5.74) is 8.13. The van der Waals surface area contributed by atoms with Crippen molar-refractivity contribution in [2.75, 3.05) is 5.73 Å². The molecule has 0 aliphatic carbocycles. The highest BCUT2D eigenvalue weighted by Gasteiger charge is 2.19. The van der Waals surface area contributed by atoms with Crippen molar-refractivity contribution in [2.45, 2.75) is 33.7 Å². The van der Waals surface area contributed by atoms with E-state index in [4.69, 9.17) is 5.73 Å². The summed E-state index contributed by atoms with van der Waals surface area (Å²) in [6.45, 7) is 7.00. The number of anilines is 1. The van der Waals surface area contributed by atoms with Crippen LogP contribution in [0.2, 0.25) is 0 Å². The first-order chi connectivity index (χ1) is 9.26. The van der Waals surface area contributed by atoms with Crippen LogP contribution in [0.1, 0.15) is 32.0 Å². The topological polar surface area (TPSA) is 43.8 Å². The Bertz CT molecular complexity index is 614. The quantitative estimate of drug-likeness (QED) is 0.814. The maximum atomic E-state index is 13.2. The van der Waals surface area contributed by atoms with Crippen LogP contribution in [0.3, 0.4) is 0 Å². The first-order valence-electron chi connectivity index (χ1n) is 6.51. The second kappa shape index (κ2) is 5.71. The predicted octanol–water partition coefficient (Wildman–Crippen LogP) is 3.85. The molecular formula is C15H19FIN3. The number of rotatable bonds is 3. The van der Waals surface area contributed by atoms with Gasteiger partial charge in [-0.3, -0.25) is 0 Å². The minimum Gasteiger partial charge on any atom is -0.383 e. The van der Waals surface area contributed by atoms with Gasteiger partial charge in [0.1, 0.15) is 11.6 Å². The van der Waals surface area contributed by atoms with E-state index in [0.717, 1.165) is 21.2 Å². The van der Waals surface area contributed by atoms with Gasteiger partial charge in [-0.25, -0.2) is 9.07 Å². The van der Waals surface area contributed by atoms with Crippen molar-refractivity contribution in [3.8, 4) is 0 Å². The van der Waals surface area contributed by atoms with Crippen molar-refractivity contribution in [1.82, 2.24) is 9.78 Å². The number of nitrogens with two attached hydrogens (primary N) is 1. The number of nitrogens with zero attached hydrogens (tertiary/aromatic N) is 2. The Balaban J connectivity index is 2.27. The maximum absolute atomic E-state index is 13.2. The zero-order valence-electron chi connectivity index (χ0n) is 12.0. The minimum absolute atomic E-state index is 0.157. The smallest absolute Gasteiger partial charge is 0.135 e. The van der Waals surface area contributed by atoms with Crippen LogP contribution in [0.4, 0.5) is 10.2 Å². The van der Waals surface area contributed by atoms with E-state index in [9.17, 15) is 4.39 Å². The summed E-state index contributed by atoms with van der Waals surface area (Å²) < 4.78 is 16.0. The van der Waals surface area contributed by atoms with E-state index < -0.39 is 0 Å². The SMILES string of the molecule is CC(C)(C)Cc1nn(Cc2cccc(F)c2)c(N)c1I. The molecule has 0 saturated carbocycles. The second-order valence-electron chi connectivity index (χ2n) is 6.17. The molecule has 0 atom stereocenters. The average Bonchev–Trinajstić information content (AvgIpc) is 2.56. The molecule has 108 valence electrons. The number of benzene rings is 1. The number of halogens is 2. The molecule has 0 aliphatic heterocycles. The summed E-state index contributed by atoms with van der Waals surface area (Å²) in [5, 5.41) is 4.58. The normalized spacial score (nSPS) is 11.8. The third-order valence-corrected chi connectivity index (χ3v) is 4.09. The standard InChI is InChI=1S/C15H19FIN3/c1-15(2,3)8-12-13(17)14(18)20(19-12)9-10-5-4-6-11(16)7-10/h4-7H,8-9,18H2,1-3H3. The van der Waals surface area contributed by atoms with Gasteiger partial charge in [-0.2, -0.15) is 5.10 Å². The molecule has 5 heteroatoms. The van der Waals surface area contributed by atoms with Crippen LogP contribution in [0.5, 0.6) is 0 Å². The van der Waals surface area contributed by atoms with E-state index >= 15 is 0 Å². The molecule has 1 heterocycles. The van der Waals surface area contributed by atoms with Crippen LogP contribution in [0.25, 0.3) is 0 Å².